The summed E-state index contributed by atoms with van der Waals surface area (Å²) in [5.41, 5.74) is 1.77. The number of carbonyl (C=O) groups excluding carboxylic acids is 1. The summed E-state index contributed by atoms with van der Waals surface area (Å²) >= 11 is 1.06. The Morgan fingerprint density at radius 2 is 2.00 bits per heavy atom. The third-order valence-corrected chi connectivity index (χ3v) is 7.83. The van der Waals surface area contributed by atoms with E-state index in [2.05, 4.69) is 30.3 Å². The molecule has 3 aromatic heterocycles. The number of anilines is 2. The largest absolute Gasteiger partial charge is 0.441 e. The lowest BCUT2D eigenvalue weighted by molar-refractivity contribution is 0.121. The zero-order valence-corrected chi connectivity index (χ0v) is 21.3. The van der Waals surface area contributed by atoms with Crippen molar-refractivity contribution in [3.05, 3.63) is 64.7 Å². The van der Waals surface area contributed by atoms with Crippen LogP contribution >= 0.6 is 11.3 Å². The molecule has 3 heterocycles. The highest BCUT2D eigenvalue weighted by atomic mass is 32.2. The monoisotopic (exact) mass is 531 g/mol. The van der Waals surface area contributed by atoms with E-state index in [0.717, 1.165) is 11.3 Å². The minimum atomic E-state index is -3.81. The number of benzene rings is 1. The summed E-state index contributed by atoms with van der Waals surface area (Å²) < 4.78 is 48.1. The topological polar surface area (TPSA) is 141 Å². The van der Waals surface area contributed by atoms with Gasteiger partial charge in [-0.25, -0.2) is 32.3 Å². The number of nitrogens with zero attached hydrogens (tertiary/aromatic N) is 5. The molecule has 0 aliphatic carbocycles. The number of nitrogens with one attached hydrogen (secondary N) is 2. The predicted molar refractivity (Wildman–Crippen MR) is 132 cm³/mol. The molecule has 4 rings (SSSR count). The molecule has 2 N–H and O–H groups in total. The molecule has 0 spiro atoms. The number of thiazole rings is 1. The molecule has 188 valence electrons. The third-order valence-electron chi connectivity index (χ3n) is 5.09. The number of pyridine rings is 1. The Labute approximate surface area is 210 Å². The van der Waals surface area contributed by atoms with Gasteiger partial charge < -0.3 is 4.74 Å². The normalized spacial score (nSPS) is 12.2. The van der Waals surface area contributed by atoms with Gasteiger partial charge in [-0.2, -0.15) is 0 Å². The Balaban J connectivity index is 1.52. The average Bonchev–Trinajstić information content (AvgIpc) is 3.41. The van der Waals surface area contributed by atoms with Gasteiger partial charge in [-0.1, -0.05) is 17.3 Å². The van der Waals surface area contributed by atoms with E-state index in [1.807, 2.05) is 0 Å². The number of ether oxygens (including phenoxy) is 1. The van der Waals surface area contributed by atoms with Crippen LogP contribution in [-0.4, -0.2) is 39.5 Å². The molecule has 0 radical (unpaired) electrons. The summed E-state index contributed by atoms with van der Waals surface area (Å²) in [5, 5.41) is 11.2. The van der Waals surface area contributed by atoms with Crippen molar-refractivity contribution in [2.75, 3.05) is 10.0 Å². The zero-order valence-electron chi connectivity index (χ0n) is 19.7. The Morgan fingerprint density at radius 3 is 2.67 bits per heavy atom. The highest BCUT2D eigenvalue weighted by molar-refractivity contribution is 7.94. The van der Waals surface area contributed by atoms with Crippen molar-refractivity contribution in [2.24, 2.45) is 7.05 Å². The molecule has 11 nitrogen and oxygen atoms in total. The van der Waals surface area contributed by atoms with Gasteiger partial charge in [0, 0.05) is 7.05 Å². The molecule has 0 saturated heterocycles. The van der Waals surface area contributed by atoms with Gasteiger partial charge >= 0.3 is 6.09 Å². The molecule has 0 bridgehead atoms. The smallest absolute Gasteiger partial charge is 0.413 e. The van der Waals surface area contributed by atoms with Gasteiger partial charge in [-0.05, 0) is 50.6 Å². The molecule has 36 heavy (non-hydrogen) atoms. The minimum absolute atomic E-state index is 0.0925. The van der Waals surface area contributed by atoms with Crippen molar-refractivity contribution in [1.82, 2.24) is 25.0 Å². The molecule has 4 aromatic rings. The molecule has 1 amide bonds. The van der Waals surface area contributed by atoms with E-state index in [4.69, 9.17) is 4.74 Å². The first kappa shape index (κ1) is 25.2. The Hall–Kier alpha value is -3.91. The summed E-state index contributed by atoms with van der Waals surface area (Å²) in [6, 6.07) is 8.87. The third kappa shape index (κ3) is 5.49. The number of hydrogen-bond donors (Lipinski definition) is 2. The van der Waals surface area contributed by atoms with Gasteiger partial charge in [0.1, 0.15) is 11.9 Å². The van der Waals surface area contributed by atoms with Crippen LogP contribution in [0.1, 0.15) is 29.3 Å². The van der Waals surface area contributed by atoms with E-state index < -0.39 is 28.0 Å². The maximum absolute atomic E-state index is 13.5. The van der Waals surface area contributed by atoms with Gasteiger partial charge in [0.05, 0.1) is 28.3 Å². The number of sulfonamides is 1. The first-order valence-electron chi connectivity index (χ1n) is 10.6. The van der Waals surface area contributed by atoms with Crippen LogP contribution in [0.15, 0.2) is 46.8 Å². The van der Waals surface area contributed by atoms with Crippen molar-refractivity contribution in [2.45, 2.75) is 31.1 Å². The maximum atomic E-state index is 13.5. The second-order valence-corrected chi connectivity index (χ2v) is 10.9. The van der Waals surface area contributed by atoms with Crippen molar-refractivity contribution in [1.29, 1.82) is 0 Å². The van der Waals surface area contributed by atoms with E-state index in [1.165, 1.54) is 29.1 Å². The minimum Gasteiger partial charge on any atom is -0.441 e. The van der Waals surface area contributed by atoms with Gasteiger partial charge in [-0.15, -0.1) is 16.4 Å². The second kappa shape index (κ2) is 9.99. The fourth-order valence-electron chi connectivity index (χ4n) is 3.25. The van der Waals surface area contributed by atoms with Gasteiger partial charge in [0.15, 0.2) is 15.7 Å². The van der Waals surface area contributed by atoms with Gasteiger partial charge in [-0.3, -0.25) is 10.0 Å². The molecule has 0 fully saturated rings. The van der Waals surface area contributed by atoms with E-state index >= 15 is 0 Å². The van der Waals surface area contributed by atoms with Gasteiger partial charge in [0.2, 0.25) is 0 Å². The van der Waals surface area contributed by atoms with Gasteiger partial charge in [0.25, 0.3) is 10.0 Å². The molecule has 0 saturated carbocycles. The lowest BCUT2D eigenvalue weighted by Crippen LogP contribution is -2.18. The van der Waals surface area contributed by atoms with Crippen molar-refractivity contribution < 1.29 is 22.3 Å². The molecule has 0 unspecified atom stereocenters. The molecular formula is C22H22FN7O4S2. The van der Waals surface area contributed by atoms with E-state index in [1.54, 1.807) is 46.0 Å². The number of halogens is 1. The highest BCUT2D eigenvalue weighted by Crippen LogP contribution is 2.28. The summed E-state index contributed by atoms with van der Waals surface area (Å²) in [7, 11) is -2.23. The summed E-state index contributed by atoms with van der Waals surface area (Å²) in [6.45, 7) is 4.97. The fraction of sp³-hybridized carbons (Fsp3) is 0.227. The number of hydrogen-bond acceptors (Lipinski definition) is 9. The van der Waals surface area contributed by atoms with Crippen LogP contribution in [0.25, 0.3) is 11.4 Å². The average molecular weight is 532 g/mol. The summed E-state index contributed by atoms with van der Waals surface area (Å²) in [6.07, 6.45) is -0.203. The van der Waals surface area contributed by atoms with E-state index in [9.17, 15) is 17.6 Å². The van der Waals surface area contributed by atoms with Crippen LogP contribution in [-0.2, 0) is 21.8 Å². The lowest BCUT2D eigenvalue weighted by atomic mass is 10.1. The van der Waals surface area contributed by atoms with Crippen LogP contribution in [0.4, 0.5) is 20.7 Å². The number of rotatable bonds is 7. The Kier molecular flexibility index (Phi) is 6.99. The van der Waals surface area contributed by atoms with E-state index in [0.29, 0.717) is 22.0 Å². The molecule has 14 heteroatoms. The van der Waals surface area contributed by atoms with Crippen LogP contribution in [0.5, 0.6) is 0 Å². The number of amides is 1. The number of aryl methyl sites for hydroxylation is 3. The van der Waals surface area contributed by atoms with Crippen LogP contribution < -0.4 is 10.0 Å². The first-order valence-corrected chi connectivity index (χ1v) is 12.9. The molecule has 0 aliphatic rings. The lowest BCUT2D eigenvalue weighted by Gasteiger charge is -2.15. The maximum Gasteiger partial charge on any atom is 0.413 e. The zero-order chi connectivity index (χ0) is 26.0. The second-order valence-electron chi connectivity index (χ2n) is 7.77. The van der Waals surface area contributed by atoms with Crippen molar-refractivity contribution >= 4 is 39.0 Å². The molecule has 1 atom stereocenters. The SMILES string of the molecule is Cc1ncc(S(=O)(=O)Nc2ccc(-c3nnn(C)c3NC(=O)O[C@H](C)c3cccc(F)c3)nc2C)s1. The first-order chi connectivity index (χ1) is 17.0. The van der Waals surface area contributed by atoms with E-state index in [-0.39, 0.29) is 21.4 Å². The Morgan fingerprint density at radius 1 is 1.22 bits per heavy atom. The standard InChI is InChI=1S/C22H22FN7O4S2/c1-12-17(28-36(32,33)19-11-24-14(3)35-19)8-9-18(25-12)20-21(30(4)29-27-20)26-22(31)34-13(2)15-6-5-7-16(23)10-15/h5-11,13,28H,1-4H3,(H,26,31)/t13-/m1/s1. The summed E-state index contributed by atoms with van der Waals surface area (Å²) in [5.74, 6) is -0.220. The molecule has 0 aliphatic heterocycles. The Bertz CT molecular complexity index is 1530. The molecular weight excluding hydrogens is 509 g/mol. The molecule has 1 aromatic carbocycles. The van der Waals surface area contributed by atoms with Crippen LogP contribution in [0, 0.1) is 19.7 Å². The summed E-state index contributed by atoms with van der Waals surface area (Å²) in [4.78, 5) is 20.9. The fourth-order valence-corrected chi connectivity index (χ4v) is 5.47. The highest BCUT2D eigenvalue weighted by Gasteiger charge is 2.22. The van der Waals surface area contributed by atoms with Crippen LogP contribution in [0.2, 0.25) is 0 Å². The van der Waals surface area contributed by atoms with Crippen LogP contribution in [0.3, 0.4) is 0 Å². The van der Waals surface area contributed by atoms with Crippen molar-refractivity contribution in [3.8, 4) is 11.4 Å². The number of carbonyl (C=O) groups is 1. The number of aromatic nitrogens is 5. The van der Waals surface area contributed by atoms with Crippen molar-refractivity contribution in [3.63, 3.8) is 0 Å². The quantitative estimate of drug-likeness (QED) is 0.361. The predicted octanol–water partition coefficient (Wildman–Crippen LogP) is 4.20.